The molecule has 128 valence electrons. The summed E-state index contributed by atoms with van der Waals surface area (Å²) in [5.41, 5.74) is -0.349. The van der Waals surface area contributed by atoms with Crippen LogP contribution in [-0.2, 0) is 9.84 Å². The molecule has 24 heavy (non-hydrogen) atoms. The van der Waals surface area contributed by atoms with Gasteiger partial charge in [-0.25, -0.2) is 13.2 Å². The van der Waals surface area contributed by atoms with E-state index in [1.54, 1.807) is 38.1 Å². The van der Waals surface area contributed by atoms with Crippen LogP contribution in [0.3, 0.4) is 0 Å². The molecule has 0 saturated carbocycles. The van der Waals surface area contributed by atoms with Crippen molar-refractivity contribution in [3.8, 4) is 0 Å². The second-order valence-electron chi connectivity index (χ2n) is 6.73. The van der Waals surface area contributed by atoms with E-state index in [9.17, 15) is 18.0 Å². The van der Waals surface area contributed by atoms with Gasteiger partial charge in [0.05, 0.1) is 10.5 Å². The van der Waals surface area contributed by atoms with E-state index in [0.717, 1.165) is 0 Å². The zero-order valence-corrected chi connectivity index (χ0v) is 14.4. The molecule has 3 rings (SSSR count). The van der Waals surface area contributed by atoms with Gasteiger partial charge in [-0.2, -0.15) is 0 Å². The Bertz CT molecular complexity index is 958. The Kier molecular flexibility index (Phi) is 3.99. The molecule has 1 aliphatic heterocycles. The third-order valence-corrected chi connectivity index (χ3v) is 7.16. The molecule has 1 fully saturated rings. The highest BCUT2D eigenvalue weighted by molar-refractivity contribution is 7.92. The van der Waals surface area contributed by atoms with Crippen LogP contribution < -0.4 is 10.9 Å². The number of hydrogen-bond donors (Lipinski definition) is 1. The van der Waals surface area contributed by atoms with E-state index in [1.165, 1.54) is 6.07 Å². The number of fused-ring (bicyclic) bond motifs is 1. The number of nitrogens with one attached hydrogen (secondary N) is 1. The van der Waals surface area contributed by atoms with E-state index in [-0.39, 0.29) is 17.4 Å². The van der Waals surface area contributed by atoms with Gasteiger partial charge in [0.15, 0.2) is 9.84 Å². The average Bonchev–Trinajstić information content (AvgIpc) is 2.50. The van der Waals surface area contributed by atoms with Crippen LogP contribution in [0.4, 0.5) is 0 Å². The topological polar surface area (TPSA) is 93.4 Å². The van der Waals surface area contributed by atoms with E-state index in [1.807, 2.05) is 0 Å². The molecule has 0 bridgehead atoms. The summed E-state index contributed by atoms with van der Waals surface area (Å²) in [4.78, 5) is 24.5. The summed E-state index contributed by atoms with van der Waals surface area (Å²) in [6, 6.07) is 8.16. The summed E-state index contributed by atoms with van der Waals surface area (Å²) in [6.45, 7) is 3.32. The average molecular weight is 349 g/mol. The van der Waals surface area contributed by atoms with Crippen molar-refractivity contribution in [1.29, 1.82) is 0 Å². The fraction of sp³-hybridized carbons (Fsp3) is 0.412. The molecule has 1 saturated heterocycles. The number of carbonyl (C=O) groups excluding carboxylic acids is 1. The maximum Gasteiger partial charge on any atom is 0.349 e. The second-order valence-corrected chi connectivity index (χ2v) is 9.47. The van der Waals surface area contributed by atoms with Crippen molar-refractivity contribution in [2.75, 3.05) is 5.75 Å². The van der Waals surface area contributed by atoms with Crippen LogP contribution in [0.2, 0.25) is 0 Å². The molecule has 6 nitrogen and oxygen atoms in total. The lowest BCUT2D eigenvalue weighted by Crippen LogP contribution is -2.50. The molecule has 1 aromatic heterocycles. The van der Waals surface area contributed by atoms with Crippen molar-refractivity contribution in [3.05, 3.63) is 46.3 Å². The minimum atomic E-state index is -3.16. The maximum absolute atomic E-state index is 12.4. The number of benzene rings is 1. The normalized spacial score (nSPS) is 22.2. The fourth-order valence-electron chi connectivity index (χ4n) is 3.00. The maximum atomic E-state index is 12.4. The van der Waals surface area contributed by atoms with Gasteiger partial charge in [-0.1, -0.05) is 18.2 Å². The molecule has 0 radical (unpaired) electrons. The Morgan fingerprint density at radius 2 is 2.00 bits per heavy atom. The monoisotopic (exact) mass is 349 g/mol. The van der Waals surface area contributed by atoms with Crippen LogP contribution >= 0.6 is 0 Å². The van der Waals surface area contributed by atoms with Crippen LogP contribution in [0.15, 0.2) is 39.5 Å². The minimum Gasteiger partial charge on any atom is -0.422 e. The standard InChI is InChI=1S/C17H19NO5S/c1-17(2)10-12(7-8-24(17,21)22)18-15(19)13-9-11-5-3-4-6-14(11)23-16(13)20/h3-6,9,12H,7-8,10H2,1-2H3,(H,18,19). The number of carbonyl (C=O) groups is 1. The van der Waals surface area contributed by atoms with E-state index in [2.05, 4.69) is 5.32 Å². The van der Waals surface area contributed by atoms with Crippen molar-refractivity contribution in [2.24, 2.45) is 0 Å². The van der Waals surface area contributed by atoms with Gasteiger partial charge in [-0.05, 0) is 38.8 Å². The zero-order chi connectivity index (χ0) is 17.5. The predicted molar refractivity (Wildman–Crippen MR) is 90.8 cm³/mol. The summed E-state index contributed by atoms with van der Waals surface area (Å²) >= 11 is 0. The lowest BCUT2D eigenvalue weighted by atomic mass is 9.99. The third-order valence-electron chi connectivity index (χ3n) is 4.54. The van der Waals surface area contributed by atoms with Gasteiger partial charge >= 0.3 is 5.63 Å². The number of sulfone groups is 1. The first kappa shape index (κ1) is 16.7. The summed E-state index contributed by atoms with van der Waals surface area (Å²) in [5.74, 6) is -0.508. The van der Waals surface area contributed by atoms with Crippen LogP contribution in [0.25, 0.3) is 11.0 Å². The predicted octanol–water partition coefficient (Wildman–Crippen LogP) is 1.88. The summed E-state index contributed by atoms with van der Waals surface area (Å²) in [6.07, 6.45) is 0.663. The molecule has 2 heterocycles. The summed E-state index contributed by atoms with van der Waals surface area (Å²) in [7, 11) is -3.16. The highest BCUT2D eigenvalue weighted by atomic mass is 32.2. The molecule has 1 N–H and O–H groups in total. The molecular weight excluding hydrogens is 330 g/mol. The molecule has 0 aliphatic carbocycles. The van der Waals surface area contributed by atoms with Crippen molar-refractivity contribution < 1.29 is 17.6 Å². The first-order chi connectivity index (χ1) is 11.2. The quantitative estimate of drug-likeness (QED) is 0.836. The Labute approximate surface area is 139 Å². The third kappa shape index (κ3) is 2.96. The molecule has 1 aromatic carbocycles. The van der Waals surface area contributed by atoms with Crippen molar-refractivity contribution >= 4 is 26.7 Å². The van der Waals surface area contributed by atoms with Crippen LogP contribution in [-0.4, -0.2) is 30.9 Å². The Balaban J connectivity index is 1.83. The smallest absolute Gasteiger partial charge is 0.349 e. The van der Waals surface area contributed by atoms with E-state index in [4.69, 9.17) is 4.42 Å². The highest BCUT2D eigenvalue weighted by Crippen LogP contribution is 2.30. The zero-order valence-electron chi connectivity index (χ0n) is 13.5. The molecule has 1 amide bonds. The van der Waals surface area contributed by atoms with E-state index >= 15 is 0 Å². The molecule has 1 atom stereocenters. The largest absolute Gasteiger partial charge is 0.422 e. The van der Waals surface area contributed by atoms with E-state index < -0.39 is 26.1 Å². The lowest BCUT2D eigenvalue weighted by molar-refractivity contribution is 0.0927. The molecular formula is C17H19NO5S. The second kappa shape index (κ2) is 5.73. The van der Waals surface area contributed by atoms with Gasteiger partial charge in [0.1, 0.15) is 11.1 Å². The van der Waals surface area contributed by atoms with Crippen molar-refractivity contribution in [2.45, 2.75) is 37.5 Å². The molecule has 7 heteroatoms. The molecule has 1 unspecified atom stereocenters. The fourth-order valence-corrected chi connectivity index (χ4v) is 4.61. The first-order valence-corrected chi connectivity index (χ1v) is 9.41. The van der Waals surface area contributed by atoms with Crippen molar-refractivity contribution in [3.63, 3.8) is 0 Å². The van der Waals surface area contributed by atoms with E-state index in [0.29, 0.717) is 23.8 Å². The minimum absolute atomic E-state index is 0.0251. The van der Waals surface area contributed by atoms with Gasteiger partial charge in [0.2, 0.25) is 0 Å². The molecule has 1 aliphatic rings. The highest BCUT2D eigenvalue weighted by Gasteiger charge is 2.41. The van der Waals surface area contributed by atoms with Crippen molar-refractivity contribution in [1.82, 2.24) is 5.32 Å². The SMILES string of the molecule is CC1(C)CC(NC(=O)c2cc3ccccc3oc2=O)CCS1(=O)=O. The van der Waals surface area contributed by atoms with Gasteiger partial charge in [0, 0.05) is 11.4 Å². The number of rotatable bonds is 2. The summed E-state index contributed by atoms with van der Waals surface area (Å²) < 4.78 is 28.3. The first-order valence-electron chi connectivity index (χ1n) is 7.76. The summed E-state index contributed by atoms with van der Waals surface area (Å²) in [5, 5.41) is 3.43. The number of para-hydroxylation sites is 1. The van der Waals surface area contributed by atoms with Crippen LogP contribution in [0.1, 0.15) is 37.0 Å². The lowest BCUT2D eigenvalue weighted by Gasteiger charge is -2.35. The Morgan fingerprint density at radius 3 is 2.71 bits per heavy atom. The molecule has 2 aromatic rings. The number of hydrogen-bond acceptors (Lipinski definition) is 5. The van der Waals surface area contributed by atoms with Gasteiger partial charge in [-0.3, -0.25) is 4.79 Å². The number of amides is 1. The van der Waals surface area contributed by atoms with Crippen LogP contribution in [0.5, 0.6) is 0 Å². The Hall–Kier alpha value is -2.15. The van der Waals surface area contributed by atoms with Crippen LogP contribution in [0, 0.1) is 0 Å². The Morgan fingerprint density at radius 1 is 1.29 bits per heavy atom. The van der Waals surface area contributed by atoms with Gasteiger partial charge in [-0.15, -0.1) is 0 Å². The molecule has 0 spiro atoms. The van der Waals surface area contributed by atoms with Gasteiger partial charge < -0.3 is 9.73 Å². The van der Waals surface area contributed by atoms with Gasteiger partial charge in [0.25, 0.3) is 5.91 Å².